The van der Waals surface area contributed by atoms with Crippen molar-refractivity contribution >= 4 is 21.7 Å². The van der Waals surface area contributed by atoms with Crippen molar-refractivity contribution in [3.63, 3.8) is 0 Å². The van der Waals surface area contributed by atoms with Crippen LogP contribution in [0.25, 0.3) is 0 Å². The number of sulfonamides is 1. The van der Waals surface area contributed by atoms with Gasteiger partial charge >= 0.3 is 5.97 Å². The van der Waals surface area contributed by atoms with Crippen LogP contribution in [0.2, 0.25) is 0 Å². The van der Waals surface area contributed by atoms with Crippen LogP contribution in [0.3, 0.4) is 0 Å². The van der Waals surface area contributed by atoms with Gasteiger partial charge in [-0.05, 0) is 19.1 Å². The first-order chi connectivity index (χ1) is 9.22. The summed E-state index contributed by atoms with van der Waals surface area (Å²) in [6.45, 7) is 1.28. The highest BCUT2D eigenvalue weighted by molar-refractivity contribution is 7.92. The maximum absolute atomic E-state index is 11.9. The predicted octanol–water partition coefficient (Wildman–Crippen LogP) is 0.943. The SMILES string of the molecule is COc1ccc(N(C(C)C(=O)O)S(C)(=O)=O)c(OC)c1. The third-order valence-corrected chi connectivity index (χ3v) is 3.92. The lowest BCUT2D eigenvalue weighted by molar-refractivity contribution is -0.137. The number of nitrogens with zero attached hydrogens (tertiary/aromatic N) is 1. The average molecular weight is 303 g/mol. The molecule has 0 saturated heterocycles. The van der Waals surface area contributed by atoms with Crippen molar-refractivity contribution in [2.24, 2.45) is 0 Å². The number of methoxy groups -OCH3 is 2. The zero-order valence-electron chi connectivity index (χ0n) is 11.7. The molecule has 8 heteroatoms. The van der Waals surface area contributed by atoms with Gasteiger partial charge in [0, 0.05) is 6.07 Å². The first kappa shape index (κ1) is 16.1. The summed E-state index contributed by atoms with van der Waals surface area (Å²) >= 11 is 0. The van der Waals surface area contributed by atoms with Crippen molar-refractivity contribution in [2.75, 3.05) is 24.8 Å². The van der Waals surface area contributed by atoms with Gasteiger partial charge in [0.1, 0.15) is 17.5 Å². The summed E-state index contributed by atoms with van der Waals surface area (Å²) in [4.78, 5) is 11.1. The number of ether oxygens (including phenoxy) is 2. The molecule has 0 bridgehead atoms. The Morgan fingerprint density at radius 3 is 2.30 bits per heavy atom. The van der Waals surface area contributed by atoms with E-state index in [-0.39, 0.29) is 11.4 Å². The lowest BCUT2D eigenvalue weighted by Crippen LogP contribution is -2.43. The minimum absolute atomic E-state index is 0.144. The number of aliphatic carboxylic acids is 1. The normalized spacial score (nSPS) is 12.6. The van der Waals surface area contributed by atoms with E-state index in [4.69, 9.17) is 14.6 Å². The summed E-state index contributed by atoms with van der Waals surface area (Å²) in [6, 6.07) is 3.21. The molecular weight excluding hydrogens is 286 g/mol. The number of hydrogen-bond acceptors (Lipinski definition) is 5. The first-order valence-corrected chi connectivity index (χ1v) is 7.51. The molecule has 0 aliphatic heterocycles. The number of anilines is 1. The first-order valence-electron chi connectivity index (χ1n) is 5.66. The average Bonchev–Trinajstić information content (AvgIpc) is 2.37. The van der Waals surface area contributed by atoms with Gasteiger partial charge in [-0.1, -0.05) is 0 Å². The molecule has 0 heterocycles. The molecule has 1 atom stereocenters. The van der Waals surface area contributed by atoms with E-state index in [0.29, 0.717) is 5.75 Å². The van der Waals surface area contributed by atoms with E-state index in [1.807, 2.05) is 0 Å². The molecular formula is C12H17NO6S. The van der Waals surface area contributed by atoms with Crippen LogP contribution in [-0.2, 0) is 14.8 Å². The number of carboxylic acid groups (broad SMARTS) is 1. The standard InChI is InChI=1S/C12H17NO6S/c1-8(12(14)15)13(20(4,16)17)10-6-5-9(18-2)7-11(10)19-3/h5-8H,1-4H3,(H,14,15). The molecule has 1 N–H and O–H groups in total. The highest BCUT2D eigenvalue weighted by Crippen LogP contribution is 2.34. The van der Waals surface area contributed by atoms with Crippen molar-refractivity contribution < 1.29 is 27.8 Å². The topological polar surface area (TPSA) is 93.1 Å². The van der Waals surface area contributed by atoms with Crippen LogP contribution in [0.1, 0.15) is 6.92 Å². The highest BCUT2D eigenvalue weighted by atomic mass is 32.2. The van der Waals surface area contributed by atoms with E-state index in [0.717, 1.165) is 10.6 Å². The molecule has 1 rings (SSSR count). The zero-order valence-corrected chi connectivity index (χ0v) is 12.5. The summed E-state index contributed by atoms with van der Waals surface area (Å²) in [5, 5.41) is 9.07. The van der Waals surface area contributed by atoms with Gasteiger partial charge in [0.2, 0.25) is 10.0 Å². The Hall–Kier alpha value is -1.96. The van der Waals surface area contributed by atoms with Crippen LogP contribution in [0.5, 0.6) is 11.5 Å². The highest BCUT2D eigenvalue weighted by Gasteiger charge is 2.31. The summed E-state index contributed by atoms with van der Waals surface area (Å²) in [5.41, 5.74) is 0.144. The van der Waals surface area contributed by atoms with Gasteiger partial charge in [-0.3, -0.25) is 4.31 Å². The minimum Gasteiger partial charge on any atom is -0.497 e. The van der Waals surface area contributed by atoms with Gasteiger partial charge < -0.3 is 14.6 Å². The molecule has 0 saturated carbocycles. The van der Waals surface area contributed by atoms with E-state index >= 15 is 0 Å². The van der Waals surface area contributed by atoms with E-state index in [2.05, 4.69) is 0 Å². The summed E-state index contributed by atoms with van der Waals surface area (Å²) < 4.78 is 34.7. The van der Waals surface area contributed by atoms with E-state index < -0.39 is 22.0 Å². The molecule has 1 aromatic carbocycles. The van der Waals surface area contributed by atoms with Crippen molar-refractivity contribution in [3.8, 4) is 11.5 Å². The Morgan fingerprint density at radius 1 is 1.30 bits per heavy atom. The molecule has 1 unspecified atom stereocenters. The lowest BCUT2D eigenvalue weighted by Gasteiger charge is -2.27. The Morgan fingerprint density at radius 2 is 1.90 bits per heavy atom. The number of hydrogen-bond donors (Lipinski definition) is 1. The molecule has 7 nitrogen and oxygen atoms in total. The number of rotatable bonds is 6. The number of carbonyl (C=O) groups is 1. The van der Waals surface area contributed by atoms with Crippen molar-refractivity contribution in [3.05, 3.63) is 18.2 Å². The Balaban J connectivity index is 3.46. The minimum atomic E-state index is -3.78. The Bertz CT molecular complexity index is 598. The third kappa shape index (κ3) is 3.32. The second-order valence-electron chi connectivity index (χ2n) is 4.11. The van der Waals surface area contributed by atoms with E-state index in [1.54, 1.807) is 0 Å². The van der Waals surface area contributed by atoms with Crippen LogP contribution in [0.15, 0.2) is 18.2 Å². The largest absolute Gasteiger partial charge is 0.497 e. The van der Waals surface area contributed by atoms with Gasteiger partial charge in [-0.2, -0.15) is 0 Å². The van der Waals surface area contributed by atoms with Gasteiger partial charge in [-0.25, -0.2) is 13.2 Å². The molecule has 0 aromatic heterocycles. The molecule has 0 aliphatic carbocycles. The van der Waals surface area contributed by atoms with Gasteiger partial charge in [0.25, 0.3) is 0 Å². The fraction of sp³-hybridized carbons (Fsp3) is 0.417. The zero-order chi connectivity index (χ0) is 15.5. The summed E-state index contributed by atoms with van der Waals surface area (Å²) in [7, 11) is -0.956. The van der Waals surface area contributed by atoms with Crippen LogP contribution < -0.4 is 13.8 Å². The molecule has 112 valence electrons. The van der Waals surface area contributed by atoms with Crippen molar-refractivity contribution in [2.45, 2.75) is 13.0 Å². The lowest BCUT2D eigenvalue weighted by atomic mass is 10.2. The maximum Gasteiger partial charge on any atom is 0.327 e. The fourth-order valence-electron chi connectivity index (χ4n) is 1.74. The quantitative estimate of drug-likeness (QED) is 0.840. The molecule has 0 radical (unpaired) electrons. The number of carboxylic acids is 1. The second-order valence-corrected chi connectivity index (χ2v) is 5.97. The van der Waals surface area contributed by atoms with Crippen LogP contribution in [0, 0.1) is 0 Å². The monoisotopic (exact) mass is 303 g/mol. The second kappa shape index (κ2) is 6.00. The number of benzene rings is 1. The van der Waals surface area contributed by atoms with Crippen LogP contribution >= 0.6 is 0 Å². The Labute approximate surface area is 117 Å². The molecule has 0 aliphatic rings. The van der Waals surface area contributed by atoms with Crippen molar-refractivity contribution in [1.29, 1.82) is 0 Å². The fourth-order valence-corrected chi connectivity index (χ4v) is 2.91. The molecule has 0 fully saturated rings. The van der Waals surface area contributed by atoms with E-state index in [1.165, 1.54) is 39.3 Å². The predicted molar refractivity (Wildman–Crippen MR) is 74.0 cm³/mol. The molecule has 0 spiro atoms. The maximum atomic E-state index is 11.9. The van der Waals surface area contributed by atoms with E-state index in [9.17, 15) is 13.2 Å². The smallest absolute Gasteiger partial charge is 0.327 e. The third-order valence-electron chi connectivity index (χ3n) is 2.69. The van der Waals surface area contributed by atoms with Gasteiger partial charge in [-0.15, -0.1) is 0 Å². The van der Waals surface area contributed by atoms with Crippen molar-refractivity contribution in [1.82, 2.24) is 0 Å². The summed E-state index contributed by atoms with van der Waals surface area (Å²) in [6.07, 6.45) is 0.941. The van der Waals surface area contributed by atoms with Crippen LogP contribution in [0.4, 0.5) is 5.69 Å². The molecule has 1 aromatic rings. The molecule has 0 amide bonds. The van der Waals surface area contributed by atoms with Gasteiger partial charge in [0.05, 0.1) is 26.2 Å². The van der Waals surface area contributed by atoms with Crippen LogP contribution in [-0.4, -0.2) is 46.0 Å². The Kier molecular flexibility index (Phi) is 4.83. The summed E-state index contributed by atoms with van der Waals surface area (Å²) in [5.74, 6) is -0.571. The molecule has 20 heavy (non-hydrogen) atoms. The van der Waals surface area contributed by atoms with Gasteiger partial charge in [0.15, 0.2) is 0 Å².